The molecule has 0 unspecified atom stereocenters. The van der Waals surface area contributed by atoms with Crippen molar-refractivity contribution in [3.63, 3.8) is 0 Å². The van der Waals surface area contributed by atoms with Crippen LogP contribution >= 0.6 is 0 Å². The van der Waals surface area contributed by atoms with Gasteiger partial charge in [-0.1, -0.05) is 30.3 Å². The third kappa shape index (κ3) is 3.78. The minimum absolute atomic E-state index is 0.0649. The monoisotopic (exact) mass is 330 g/mol. The second kappa shape index (κ2) is 7.11. The summed E-state index contributed by atoms with van der Waals surface area (Å²) in [5.41, 5.74) is 0.836. The lowest BCUT2D eigenvalue weighted by atomic mass is 10.2. The molecule has 0 spiro atoms. The number of hydrogen-bond acceptors (Lipinski definition) is 3. The standard InChI is InChI=1S/C17H18N2O3S/c1-3-12-18-17(20)14-8-7-11-16(13-14)23(21,22)19(2)15-9-5-4-6-10-15/h3-11,13H,1,12H2,2H3,(H,18,20). The molecule has 0 heterocycles. The molecule has 120 valence electrons. The summed E-state index contributed by atoms with van der Waals surface area (Å²) in [5.74, 6) is -0.343. The molecule has 0 bridgehead atoms. The first-order chi connectivity index (χ1) is 11.0. The molecule has 2 rings (SSSR count). The van der Waals surface area contributed by atoms with Gasteiger partial charge < -0.3 is 5.32 Å². The second-order valence-corrected chi connectivity index (χ2v) is 6.80. The Morgan fingerprint density at radius 3 is 2.52 bits per heavy atom. The Bertz CT molecular complexity index is 802. The van der Waals surface area contributed by atoms with Crippen LogP contribution in [0.1, 0.15) is 10.4 Å². The maximum absolute atomic E-state index is 12.7. The van der Waals surface area contributed by atoms with Crippen LogP contribution in [0.25, 0.3) is 0 Å². The highest BCUT2D eigenvalue weighted by atomic mass is 32.2. The molecule has 6 heteroatoms. The van der Waals surface area contributed by atoms with Crippen LogP contribution in [0.4, 0.5) is 5.69 Å². The van der Waals surface area contributed by atoms with E-state index in [9.17, 15) is 13.2 Å². The summed E-state index contributed by atoms with van der Waals surface area (Å²) >= 11 is 0. The van der Waals surface area contributed by atoms with Gasteiger partial charge in [0.05, 0.1) is 10.6 Å². The van der Waals surface area contributed by atoms with Crippen LogP contribution in [-0.2, 0) is 10.0 Å². The van der Waals surface area contributed by atoms with Gasteiger partial charge in [-0.05, 0) is 30.3 Å². The number of nitrogens with one attached hydrogen (secondary N) is 1. The summed E-state index contributed by atoms with van der Waals surface area (Å²) in [5, 5.41) is 2.62. The third-order valence-electron chi connectivity index (χ3n) is 3.28. The minimum atomic E-state index is -3.74. The van der Waals surface area contributed by atoms with Crippen molar-refractivity contribution in [2.45, 2.75) is 4.90 Å². The number of carbonyl (C=O) groups excluding carboxylic acids is 1. The summed E-state index contributed by atoms with van der Waals surface area (Å²) in [4.78, 5) is 12.0. The highest BCUT2D eigenvalue weighted by molar-refractivity contribution is 7.92. The lowest BCUT2D eigenvalue weighted by molar-refractivity contribution is 0.0958. The predicted molar refractivity (Wildman–Crippen MR) is 91.0 cm³/mol. The van der Waals surface area contributed by atoms with E-state index >= 15 is 0 Å². The molecule has 0 aliphatic heterocycles. The van der Waals surface area contributed by atoms with E-state index in [2.05, 4.69) is 11.9 Å². The fraction of sp³-hybridized carbons (Fsp3) is 0.118. The van der Waals surface area contributed by atoms with Gasteiger partial charge in [0, 0.05) is 19.2 Å². The number of nitrogens with zero attached hydrogens (tertiary/aromatic N) is 1. The number of anilines is 1. The van der Waals surface area contributed by atoms with E-state index in [-0.39, 0.29) is 16.4 Å². The zero-order valence-electron chi connectivity index (χ0n) is 12.8. The van der Waals surface area contributed by atoms with Crippen molar-refractivity contribution in [1.29, 1.82) is 0 Å². The first-order valence-electron chi connectivity index (χ1n) is 7.00. The molecule has 23 heavy (non-hydrogen) atoms. The van der Waals surface area contributed by atoms with Crippen molar-refractivity contribution in [3.05, 3.63) is 72.8 Å². The van der Waals surface area contributed by atoms with Crippen molar-refractivity contribution < 1.29 is 13.2 Å². The maximum Gasteiger partial charge on any atom is 0.264 e. The van der Waals surface area contributed by atoms with Gasteiger partial charge in [0.25, 0.3) is 15.9 Å². The summed E-state index contributed by atoms with van der Waals surface area (Å²) in [7, 11) is -2.25. The van der Waals surface area contributed by atoms with E-state index in [0.717, 1.165) is 0 Å². The van der Waals surface area contributed by atoms with Gasteiger partial charge in [-0.15, -0.1) is 6.58 Å². The highest BCUT2D eigenvalue weighted by Gasteiger charge is 2.22. The average molecular weight is 330 g/mol. The number of amides is 1. The Kier molecular flexibility index (Phi) is 5.18. The Morgan fingerprint density at radius 1 is 1.17 bits per heavy atom. The number of carbonyl (C=O) groups is 1. The third-order valence-corrected chi connectivity index (χ3v) is 5.06. The Labute approximate surface area is 136 Å². The van der Waals surface area contributed by atoms with Crippen LogP contribution in [0.15, 0.2) is 72.1 Å². The molecule has 0 saturated carbocycles. The topological polar surface area (TPSA) is 66.5 Å². The maximum atomic E-state index is 12.7. The molecule has 0 aliphatic rings. The van der Waals surface area contributed by atoms with E-state index in [1.807, 2.05) is 6.07 Å². The average Bonchev–Trinajstić information content (AvgIpc) is 2.59. The fourth-order valence-corrected chi connectivity index (χ4v) is 3.24. The molecule has 0 aliphatic carbocycles. The molecule has 0 radical (unpaired) electrons. The number of rotatable bonds is 6. The zero-order valence-corrected chi connectivity index (χ0v) is 13.6. The molecule has 1 amide bonds. The van der Waals surface area contributed by atoms with Crippen LogP contribution in [-0.4, -0.2) is 27.9 Å². The molecule has 0 fully saturated rings. The second-order valence-electron chi connectivity index (χ2n) is 4.83. The first-order valence-corrected chi connectivity index (χ1v) is 8.44. The predicted octanol–water partition coefficient (Wildman–Crippen LogP) is 2.43. The number of hydrogen-bond donors (Lipinski definition) is 1. The van der Waals surface area contributed by atoms with Crippen LogP contribution in [0, 0.1) is 0 Å². The van der Waals surface area contributed by atoms with Gasteiger partial charge in [0.2, 0.25) is 0 Å². The molecule has 0 saturated heterocycles. The summed E-state index contributed by atoms with van der Waals surface area (Å²) in [6, 6.07) is 14.7. The molecular weight excluding hydrogens is 312 g/mol. The Hall–Kier alpha value is -2.60. The molecule has 5 nitrogen and oxygen atoms in total. The van der Waals surface area contributed by atoms with Crippen molar-refractivity contribution in [3.8, 4) is 0 Å². The van der Waals surface area contributed by atoms with Crippen molar-refractivity contribution in [1.82, 2.24) is 5.32 Å². The molecule has 1 N–H and O–H groups in total. The van der Waals surface area contributed by atoms with E-state index in [1.165, 1.54) is 23.5 Å². The molecule has 2 aromatic rings. The minimum Gasteiger partial charge on any atom is -0.349 e. The van der Waals surface area contributed by atoms with Gasteiger partial charge in [0.1, 0.15) is 0 Å². The first kappa shape index (κ1) is 16.8. The summed E-state index contributed by atoms with van der Waals surface area (Å²) < 4.78 is 26.6. The van der Waals surface area contributed by atoms with Crippen molar-refractivity contribution in [2.75, 3.05) is 17.9 Å². The molecule has 0 aromatic heterocycles. The van der Waals surface area contributed by atoms with Crippen LogP contribution in [0.3, 0.4) is 0 Å². The largest absolute Gasteiger partial charge is 0.349 e. The SMILES string of the molecule is C=CCNC(=O)c1cccc(S(=O)(=O)N(C)c2ccccc2)c1. The Morgan fingerprint density at radius 2 is 1.87 bits per heavy atom. The lowest BCUT2D eigenvalue weighted by Crippen LogP contribution is -2.27. The fourth-order valence-electron chi connectivity index (χ4n) is 2.00. The molecular formula is C17H18N2O3S. The lowest BCUT2D eigenvalue weighted by Gasteiger charge is -2.19. The van der Waals surface area contributed by atoms with Crippen molar-refractivity contribution in [2.24, 2.45) is 0 Å². The van der Waals surface area contributed by atoms with E-state index in [1.54, 1.807) is 42.5 Å². The van der Waals surface area contributed by atoms with E-state index in [0.29, 0.717) is 12.2 Å². The normalized spacial score (nSPS) is 10.8. The zero-order chi connectivity index (χ0) is 16.9. The number of benzene rings is 2. The van der Waals surface area contributed by atoms with Crippen molar-refractivity contribution >= 4 is 21.6 Å². The molecule has 0 atom stereocenters. The van der Waals surface area contributed by atoms with E-state index < -0.39 is 10.0 Å². The van der Waals surface area contributed by atoms with Crippen LogP contribution in [0.2, 0.25) is 0 Å². The van der Waals surface area contributed by atoms with Crippen LogP contribution in [0.5, 0.6) is 0 Å². The van der Waals surface area contributed by atoms with E-state index in [4.69, 9.17) is 0 Å². The van der Waals surface area contributed by atoms with Gasteiger partial charge >= 0.3 is 0 Å². The van der Waals surface area contributed by atoms with Gasteiger partial charge in [-0.3, -0.25) is 9.10 Å². The summed E-state index contributed by atoms with van der Waals surface area (Å²) in [6.07, 6.45) is 1.56. The van der Waals surface area contributed by atoms with Gasteiger partial charge in [-0.25, -0.2) is 8.42 Å². The van der Waals surface area contributed by atoms with Gasteiger partial charge in [0.15, 0.2) is 0 Å². The smallest absolute Gasteiger partial charge is 0.264 e. The number of para-hydroxylation sites is 1. The van der Waals surface area contributed by atoms with Gasteiger partial charge in [-0.2, -0.15) is 0 Å². The number of sulfonamides is 1. The summed E-state index contributed by atoms with van der Waals surface area (Å²) in [6.45, 7) is 3.84. The highest BCUT2D eigenvalue weighted by Crippen LogP contribution is 2.22. The van der Waals surface area contributed by atoms with Crippen LogP contribution < -0.4 is 9.62 Å². The Balaban J connectivity index is 2.33. The molecule has 2 aromatic carbocycles. The quantitative estimate of drug-likeness (QED) is 0.827.